The number of hydrogen-bond donors (Lipinski definition) is 1. The van der Waals surface area contributed by atoms with Gasteiger partial charge in [0.2, 0.25) is 0 Å². The largest absolute Gasteiger partial charge is 0.444 e. The van der Waals surface area contributed by atoms with Crippen LogP contribution in [0.5, 0.6) is 0 Å². The number of aliphatic hydroxyl groups excluding tert-OH is 1. The van der Waals surface area contributed by atoms with Crippen LogP contribution in [0.3, 0.4) is 0 Å². The van der Waals surface area contributed by atoms with E-state index in [4.69, 9.17) is 9.84 Å². The Morgan fingerprint density at radius 2 is 1.90 bits per heavy atom. The summed E-state index contributed by atoms with van der Waals surface area (Å²) in [6.45, 7) is 7.36. The molecule has 1 N–H and O–H groups in total. The molecule has 1 rings (SSSR count). The second-order valence-electron chi connectivity index (χ2n) is 6.34. The molecule has 1 unspecified atom stereocenters. The summed E-state index contributed by atoms with van der Waals surface area (Å²) in [5.41, 5.74) is -0.611. The Morgan fingerprint density at radius 3 is 2.33 bits per heavy atom. The van der Waals surface area contributed by atoms with Crippen LogP contribution < -0.4 is 0 Å². The normalized spacial score (nSPS) is 23.0. The monoisotopic (exact) mass is 312 g/mol. The minimum atomic E-state index is -4.62. The lowest BCUT2D eigenvalue weighted by Crippen LogP contribution is -2.56. The smallest absolute Gasteiger partial charge is 0.415 e. The number of rotatable bonds is 2. The third-order valence-corrected chi connectivity index (χ3v) is 3.15. The average Bonchev–Trinajstić information content (AvgIpc) is 2.24. The standard InChI is InChI=1S/C13H23F3N2O3/c1-9-7-17(8-10(19)13(14,15)16)5-6-18(9)11(20)21-12(2,3)4/h9-10,19H,5-8H2,1-4H3/t9-,10?/m1/s1. The number of carbonyl (C=O) groups is 1. The van der Waals surface area contributed by atoms with E-state index in [1.54, 1.807) is 27.7 Å². The summed E-state index contributed by atoms with van der Waals surface area (Å²) in [4.78, 5) is 15.0. The molecule has 1 fully saturated rings. The van der Waals surface area contributed by atoms with E-state index in [-0.39, 0.29) is 25.7 Å². The zero-order valence-electron chi connectivity index (χ0n) is 12.8. The van der Waals surface area contributed by atoms with Crippen molar-refractivity contribution in [1.82, 2.24) is 9.80 Å². The minimum absolute atomic E-state index is 0.269. The number of alkyl halides is 3. The average molecular weight is 312 g/mol. The molecule has 2 atom stereocenters. The van der Waals surface area contributed by atoms with E-state index in [9.17, 15) is 18.0 Å². The van der Waals surface area contributed by atoms with Gasteiger partial charge in [0.15, 0.2) is 6.10 Å². The number of carbonyl (C=O) groups excluding carboxylic acids is 1. The van der Waals surface area contributed by atoms with E-state index < -0.39 is 30.5 Å². The van der Waals surface area contributed by atoms with E-state index in [1.165, 1.54) is 9.80 Å². The molecular formula is C13H23F3N2O3. The Balaban J connectivity index is 2.53. The second kappa shape index (κ2) is 6.39. The molecule has 0 aliphatic carbocycles. The molecule has 0 aromatic carbocycles. The van der Waals surface area contributed by atoms with Crippen LogP contribution in [0.2, 0.25) is 0 Å². The van der Waals surface area contributed by atoms with Gasteiger partial charge in [0.05, 0.1) is 0 Å². The van der Waals surface area contributed by atoms with Crippen LogP contribution in [0.25, 0.3) is 0 Å². The highest BCUT2D eigenvalue weighted by molar-refractivity contribution is 5.68. The molecule has 1 amide bonds. The van der Waals surface area contributed by atoms with Gasteiger partial charge in [-0.25, -0.2) is 4.79 Å². The van der Waals surface area contributed by atoms with Crippen molar-refractivity contribution < 1.29 is 27.8 Å². The molecule has 8 heteroatoms. The van der Waals surface area contributed by atoms with Crippen molar-refractivity contribution in [2.45, 2.75) is 51.6 Å². The maximum absolute atomic E-state index is 12.3. The molecule has 1 aliphatic heterocycles. The zero-order valence-corrected chi connectivity index (χ0v) is 12.8. The lowest BCUT2D eigenvalue weighted by molar-refractivity contribution is -0.209. The van der Waals surface area contributed by atoms with E-state index in [1.807, 2.05) is 0 Å². The maximum Gasteiger partial charge on any atom is 0.415 e. The quantitative estimate of drug-likeness (QED) is 0.845. The highest BCUT2D eigenvalue weighted by Crippen LogP contribution is 2.22. The van der Waals surface area contributed by atoms with Gasteiger partial charge in [-0.1, -0.05) is 0 Å². The molecular weight excluding hydrogens is 289 g/mol. The van der Waals surface area contributed by atoms with Gasteiger partial charge in [0, 0.05) is 32.2 Å². The minimum Gasteiger partial charge on any atom is -0.444 e. The number of halogens is 3. The lowest BCUT2D eigenvalue weighted by Gasteiger charge is -2.40. The number of hydrogen-bond acceptors (Lipinski definition) is 4. The first-order valence-electron chi connectivity index (χ1n) is 6.87. The predicted molar refractivity (Wildman–Crippen MR) is 70.9 cm³/mol. The van der Waals surface area contributed by atoms with Gasteiger partial charge in [0.25, 0.3) is 0 Å². The van der Waals surface area contributed by atoms with Crippen molar-refractivity contribution in [2.24, 2.45) is 0 Å². The number of amides is 1. The highest BCUT2D eigenvalue weighted by Gasteiger charge is 2.40. The summed E-state index contributed by atoms with van der Waals surface area (Å²) in [7, 11) is 0. The molecule has 0 radical (unpaired) electrons. The Kier molecular flexibility index (Phi) is 5.49. The maximum atomic E-state index is 12.3. The Morgan fingerprint density at radius 1 is 1.33 bits per heavy atom. The highest BCUT2D eigenvalue weighted by atomic mass is 19.4. The summed E-state index contributed by atoms with van der Waals surface area (Å²) < 4.78 is 42.2. The fourth-order valence-corrected chi connectivity index (χ4v) is 2.14. The first kappa shape index (κ1) is 18.0. The van der Waals surface area contributed by atoms with Gasteiger partial charge in [-0.15, -0.1) is 0 Å². The third kappa shape index (κ3) is 5.70. The van der Waals surface area contributed by atoms with Crippen molar-refractivity contribution >= 4 is 6.09 Å². The molecule has 21 heavy (non-hydrogen) atoms. The van der Waals surface area contributed by atoms with Crippen molar-refractivity contribution in [2.75, 3.05) is 26.2 Å². The summed E-state index contributed by atoms with van der Waals surface area (Å²) in [6, 6.07) is -0.269. The number of β-amino-alcohol motifs (C(OH)–C–C–N with tert-alkyl or cyclic N) is 1. The third-order valence-electron chi connectivity index (χ3n) is 3.15. The molecule has 1 aliphatic rings. The van der Waals surface area contributed by atoms with Crippen LogP contribution in [-0.4, -0.2) is 71.1 Å². The molecule has 1 saturated heterocycles. The molecule has 1 heterocycles. The predicted octanol–water partition coefficient (Wildman–Crippen LogP) is 1.85. The molecule has 5 nitrogen and oxygen atoms in total. The molecule has 0 aromatic heterocycles. The molecule has 0 bridgehead atoms. The Hall–Kier alpha value is -1.02. The second-order valence-corrected chi connectivity index (χ2v) is 6.34. The van der Waals surface area contributed by atoms with Gasteiger partial charge in [-0.3, -0.25) is 4.90 Å². The molecule has 0 aromatic rings. The summed E-state index contributed by atoms with van der Waals surface area (Å²) in [5, 5.41) is 9.08. The van der Waals surface area contributed by atoms with Crippen molar-refractivity contribution in [1.29, 1.82) is 0 Å². The van der Waals surface area contributed by atoms with Crippen molar-refractivity contribution in [3.63, 3.8) is 0 Å². The van der Waals surface area contributed by atoms with Gasteiger partial charge >= 0.3 is 12.3 Å². The van der Waals surface area contributed by atoms with Crippen LogP contribution in [0.1, 0.15) is 27.7 Å². The van der Waals surface area contributed by atoms with E-state index in [2.05, 4.69) is 0 Å². The first-order valence-corrected chi connectivity index (χ1v) is 6.87. The Bertz CT molecular complexity index is 369. The van der Waals surface area contributed by atoms with Crippen LogP contribution >= 0.6 is 0 Å². The number of aliphatic hydroxyl groups is 1. The van der Waals surface area contributed by atoms with Crippen LogP contribution in [-0.2, 0) is 4.74 Å². The fourth-order valence-electron chi connectivity index (χ4n) is 2.14. The fraction of sp³-hybridized carbons (Fsp3) is 0.923. The van der Waals surface area contributed by atoms with E-state index in [0.29, 0.717) is 0 Å². The van der Waals surface area contributed by atoms with Crippen molar-refractivity contribution in [3.8, 4) is 0 Å². The first-order chi connectivity index (χ1) is 9.40. The molecule has 0 saturated carbocycles. The number of ether oxygens (including phenoxy) is 1. The van der Waals surface area contributed by atoms with Gasteiger partial charge in [-0.05, 0) is 27.7 Å². The van der Waals surface area contributed by atoms with E-state index in [0.717, 1.165) is 0 Å². The number of piperazine rings is 1. The number of nitrogens with zero attached hydrogens (tertiary/aromatic N) is 2. The van der Waals surface area contributed by atoms with E-state index >= 15 is 0 Å². The lowest BCUT2D eigenvalue weighted by atomic mass is 10.1. The topological polar surface area (TPSA) is 53.0 Å². The van der Waals surface area contributed by atoms with Gasteiger partial charge in [0.1, 0.15) is 5.60 Å². The van der Waals surface area contributed by atoms with Crippen LogP contribution in [0, 0.1) is 0 Å². The molecule has 0 spiro atoms. The summed E-state index contributed by atoms with van der Waals surface area (Å²) in [5.74, 6) is 0. The van der Waals surface area contributed by atoms with Gasteiger partial charge < -0.3 is 14.7 Å². The van der Waals surface area contributed by atoms with Crippen LogP contribution in [0.4, 0.5) is 18.0 Å². The Labute approximate surface area is 122 Å². The summed E-state index contributed by atoms with van der Waals surface area (Å²) in [6.07, 6.45) is -7.45. The van der Waals surface area contributed by atoms with Gasteiger partial charge in [-0.2, -0.15) is 13.2 Å². The SMILES string of the molecule is C[C@@H]1CN(CC(O)C(F)(F)F)CCN1C(=O)OC(C)(C)C. The summed E-state index contributed by atoms with van der Waals surface area (Å²) >= 11 is 0. The van der Waals surface area contributed by atoms with Crippen LogP contribution in [0.15, 0.2) is 0 Å². The zero-order chi connectivity index (χ0) is 16.4. The van der Waals surface area contributed by atoms with Crippen molar-refractivity contribution in [3.05, 3.63) is 0 Å². The molecule has 124 valence electrons.